The third-order valence-electron chi connectivity index (χ3n) is 10.2. The standard InChI is InChI=1S/C43H27N3.C7H8.C5H8/c1-4-21-44-39(10-1)31-9-7-8-30(24-31)35-17-13-28-16-20-38-36(18-14-29-15-19-37(35)42(28)43(29)38)32-25-33(40-11-2-5-22-45-40)27-34(26-32)41-12-3-6-23-46-41;1-2-4-6-7-5-3-1;1-3-5-4-2/h1-27H;1-6H,7H2;3-5H,1H2,2H3/b;;5-4-. The first-order valence-electron chi connectivity index (χ1n) is 19.6. The summed E-state index contributed by atoms with van der Waals surface area (Å²) in [5.74, 6) is 0. The highest BCUT2D eigenvalue weighted by Crippen LogP contribution is 2.43. The van der Waals surface area contributed by atoms with E-state index in [2.05, 4.69) is 155 Å². The molecule has 0 N–H and O–H groups in total. The van der Waals surface area contributed by atoms with Crippen molar-refractivity contribution in [1.29, 1.82) is 0 Å². The molecule has 0 saturated carbocycles. The Bertz CT molecular complexity index is 2850. The maximum atomic E-state index is 4.69. The average molecular weight is 746 g/mol. The van der Waals surface area contributed by atoms with Crippen LogP contribution in [0.2, 0.25) is 0 Å². The van der Waals surface area contributed by atoms with Gasteiger partial charge in [0.25, 0.3) is 0 Å². The lowest BCUT2D eigenvalue weighted by Crippen LogP contribution is -1.92. The molecule has 3 heteroatoms. The fraction of sp³-hybridized carbons (Fsp3) is 0.0364. The molecule has 0 aliphatic heterocycles. The number of allylic oxidation sites excluding steroid dienone is 9. The van der Waals surface area contributed by atoms with Crippen LogP contribution in [0.25, 0.3) is 88.3 Å². The molecule has 278 valence electrons. The van der Waals surface area contributed by atoms with E-state index in [9.17, 15) is 0 Å². The Kier molecular flexibility index (Phi) is 11.6. The number of rotatable bonds is 6. The number of pyridine rings is 3. The van der Waals surface area contributed by atoms with Gasteiger partial charge in [0, 0.05) is 35.3 Å². The fourth-order valence-corrected chi connectivity index (χ4v) is 7.49. The van der Waals surface area contributed by atoms with Crippen LogP contribution < -0.4 is 0 Å². The third-order valence-corrected chi connectivity index (χ3v) is 10.2. The molecule has 1 aliphatic carbocycles. The Hall–Kier alpha value is -7.49. The van der Waals surface area contributed by atoms with E-state index in [1.165, 1.54) is 49.0 Å². The van der Waals surface area contributed by atoms with Crippen molar-refractivity contribution in [3.8, 4) is 56.0 Å². The van der Waals surface area contributed by atoms with Crippen LogP contribution in [-0.2, 0) is 0 Å². The number of aromatic nitrogens is 3. The van der Waals surface area contributed by atoms with Gasteiger partial charge >= 0.3 is 0 Å². The predicted molar refractivity (Wildman–Crippen MR) is 248 cm³/mol. The van der Waals surface area contributed by atoms with Gasteiger partial charge in [0.15, 0.2) is 0 Å². The topological polar surface area (TPSA) is 38.7 Å². The first-order valence-corrected chi connectivity index (χ1v) is 19.6. The second-order valence-corrected chi connectivity index (χ2v) is 13.9. The average Bonchev–Trinajstić information content (AvgIpc) is 3.63. The quantitative estimate of drug-likeness (QED) is 0.126. The van der Waals surface area contributed by atoms with Gasteiger partial charge in [-0.15, -0.1) is 0 Å². The summed E-state index contributed by atoms with van der Waals surface area (Å²) >= 11 is 0. The predicted octanol–water partition coefficient (Wildman–Crippen LogP) is 14.9. The van der Waals surface area contributed by atoms with Gasteiger partial charge in [0.1, 0.15) is 0 Å². The van der Waals surface area contributed by atoms with Crippen molar-refractivity contribution in [3.05, 3.63) is 225 Å². The summed E-state index contributed by atoms with van der Waals surface area (Å²) in [6.07, 6.45) is 24.6. The highest BCUT2D eigenvalue weighted by atomic mass is 14.7. The second kappa shape index (κ2) is 18.0. The molecule has 0 amide bonds. The van der Waals surface area contributed by atoms with Crippen molar-refractivity contribution in [2.75, 3.05) is 0 Å². The third kappa shape index (κ3) is 8.21. The van der Waals surface area contributed by atoms with Gasteiger partial charge in [-0.2, -0.15) is 0 Å². The van der Waals surface area contributed by atoms with Gasteiger partial charge in [0.05, 0.1) is 17.1 Å². The molecule has 0 bridgehead atoms. The minimum absolute atomic E-state index is 0.941. The van der Waals surface area contributed by atoms with Crippen LogP contribution >= 0.6 is 0 Å². The van der Waals surface area contributed by atoms with E-state index < -0.39 is 0 Å². The molecule has 3 nitrogen and oxygen atoms in total. The van der Waals surface area contributed by atoms with Crippen LogP contribution in [-0.4, -0.2) is 15.0 Å². The van der Waals surface area contributed by atoms with Crippen LogP contribution in [0.3, 0.4) is 0 Å². The smallest absolute Gasteiger partial charge is 0.0702 e. The molecule has 3 aromatic heterocycles. The molecule has 0 radical (unpaired) electrons. The molecule has 0 atom stereocenters. The minimum Gasteiger partial charge on any atom is -0.256 e. The van der Waals surface area contributed by atoms with Crippen LogP contribution in [0.1, 0.15) is 13.3 Å². The van der Waals surface area contributed by atoms with E-state index in [0.29, 0.717) is 0 Å². The molecule has 10 rings (SSSR count). The van der Waals surface area contributed by atoms with E-state index >= 15 is 0 Å². The van der Waals surface area contributed by atoms with Gasteiger partial charge in [0.2, 0.25) is 0 Å². The van der Waals surface area contributed by atoms with E-state index in [4.69, 9.17) is 0 Å². The second-order valence-electron chi connectivity index (χ2n) is 13.9. The minimum atomic E-state index is 0.941. The zero-order valence-electron chi connectivity index (χ0n) is 32.5. The summed E-state index contributed by atoms with van der Waals surface area (Å²) in [6, 6.07) is 51.7. The molecule has 0 unspecified atom stereocenters. The molecule has 0 saturated heterocycles. The van der Waals surface area contributed by atoms with E-state index in [1.54, 1.807) is 6.08 Å². The Balaban J connectivity index is 0.000000340. The first-order chi connectivity index (χ1) is 28.7. The van der Waals surface area contributed by atoms with E-state index in [0.717, 1.165) is 45.8 Å². The maximum absolute atomic E-state index is 4.69. The first kappa shape index (κ1) is 37.4. The molecule has 1 aliphatic rings. The van der Waals surface area contributed by atoms with E-state index in [-0.39, 0.29) is 0 Å². The van der Waals surface area contributed by atoms with Crippen LogP contribution in [0.15, 0.2) is 225 Å². The van der Waals surface area contributed by atoms with Crippen molar-refractivity contribution in [1.82, 2.24) is 15.0 Å². The summed E-state index contributed by atoms with van der Waals surface area (Å²) in [5.41, 5.74) is 10.9. The fourth-order valence-electron chi connectivity index (χ4n) is 7.49. The molecule has 3 heterocycles. The van der Waals surface area contributed by atoms with Gasteiger partial charge in [-0.1, -0.05) is 146 Å². The molecular weight excluding hydrogens is 703 g/mol. The van der Waals surface area contributed by atoms with Crippen molar-refractivity contribution in [3.63, 3.8) is 0 Å². The highest BCUT2D eigenvalue weighted by molar-refractivity contribution is 6.27. The van der Waals surface area contributed by atoms with Gasteiger partial charge in [-0.3, -0.25) is 15.0 Å². The zero-order valence-corrected chi connectivity index (χ0v) is 32.5. The molecule has 0 fully saturated rings. The summed E-state index contributed by atoms with van der Waals surface area (Å²) in [5, 5.41) is 7.55. The van der Waals surface area contributed by atoms with Crippen LogP contribution in [0, 0.1) is 0 Å². The number of hydrogen-bond donors (Lipinski definition) is 0. The van der Waals surface area contributed by atoms with Crippen molar-refractivity contribution < 1.29 is 0 Å². The Morgan fingerprint density at radius 2 is 0.914 bits per heavy atom. The number of hydrogen-bond acceptors (Lipinski definition) is 3. The lowest BCUT2D eigenvalue weighted by Gasteiger charge is -2.17. The lowest BCUT2D eigenvalue weighted by molar-refractivity contribution is 1.31. The lowest BCUT2D eigenvalue weighted by atomic mass is 9.86. The largest absolute Gasteiger partial charge is 0.256 e. The van der Waals surface area contributed by atoms with Crippen molar-refractivity contribution in [2.24, 2.45) is 0 Å². The Morgan fingerprint density at radius 1 is 0.448 bits per heavy atom. The summed E-state index contributed by atoms with van der Waals surface area (Å²) in [6.45, 7) is 5.42. The van der Waals surface area contributed by atoms with Crippen molar-refractivity contribution in [2.45, 2.75) is 13.3 Å². The summed E-state index contributed by atoms with van der Waals surface area (Å²) in [4.78, 5) is 14.0. The molecular formula is C55H43N3. The van der Waals surface area contributed by atoms with Crippen LogP contribution in [0.4, 0.5) is 0 Å². The molecule has 58 heavy (non-hydrogen) atoms. The van der Waals surface area contributed by atoms with Crippen molar-refractivity contribution >= 4 is 32.3 Å². The normalized spacial score (nSPS) is 11.9. The molecule has 0 spiro atoms. The molecule has 6 aromatic carbocycles. The summed E-state index contributed by atoms with van der Waals surface area (Å²) in [7, 11) is 0. The van der Waals surface area contributed by atoms with Crippen LogP contribution in [0.5, 0.6) is 0 Å². The SMILES string of the molecule is C1=CC=CCC=C1.C=C/C=C\C.c1ccc(-c2cccc(-c3ccc4ccc5c(-c6cc(-c7ccccn7)cc(-c7ccccn7)c6)ccc6ccc3c4c65)c2)nc1. The van der Waals surface area contributed by atoms with Gasteiger partial charge < -0.3 is 0 Å². The zero-order chi connectivity index (χ0) is 39.5. The maximum Gasteiger partial charge on any atom is 0.0702 e. The number of benzene rings is 6. The van der Waals surface area contributed by atoms with Gasteiger partial charge in [-0.25, -0.2) is 0 Å². The molecule has 9 aromatic rings. The monoisotopic (exact) mass is 745 g/mol. The summed E-state index contributed by atoms with van der Waals surface area (Å²) < 4.78 is 0. The Labute approximate surface area is 340 Å². The highest BCUT2D eigenvalue weighted by Gasteiger charge is 2.17. The Morgan fingerprint density at radius 3 is 1.40 bits per heavy atom. The van der Waals surface area contributed by atoms with Gasteiger partial charge in [-0.05, 0) is 129 Å². The van der Waals surface area contributed by atoms with E-state index in [1.807, 2.05) is 86.2 Å². The number of nitrogens with zero attached hydrogens (tertiary/aromatic N) is 3.